The minimum absolute atomic E-state index is 0.266. The summed E-state index contributed by atoms with van der Waals surface area (Å²) < 4.78 is 11.4. The highest BCUT2D eigenvalue weighted by atomic mass is 79.9. The lowest BCUT2D eigenvalue weighted by Crippen LogP contribution is -1.98. The summed E-state index contributed by atoms with van der Waals surface area (Å²) in [6.45, 7) is 1.87. The van der Waals surface area contributed by atoms with E-state index in [2.05, 4.69) is 15.9 Å². The minimum Gasteiger partial charge on any atom is -0.495 e. The number of aryl methyl sites for hydroxylation is 1. The standard InChI is InChI=1S/C16H15BrO4/c1-9-8-10(16(18)19)4-5-11(9)12-6-7-13(20-2)14(17)15(12)21-3/h4-8H,1-3H3,(H,18,19). The van der Waals surface area contributed by atoms with Crippen molar-refractivity contribution in [2.24, 2.45) is 0 Å². The van der Waals surface area contributed by atoms with Gasteiger partial charge in [-0.15, -0.1) is 0 Å². The van der Waals surface area contributed by atoms with Crippen molar-refractivity contribution in [2.75, 3.05) is 14.2 Å². The summed E-state index contributed by atoms with van der Waals surface area (Å²) in [7, 11) is 3.18. The van der Waals surface area contributed by atoms with Crippen molar-refractivity contribution < 1.29 is 19.4 Å². The lowest BCUT2D eigenvalue weighted by molar-refractivity contribution is 0.0697. The van der Waals surface area contributed by atoms with E-state index in [9.17, 15) is 4.79 Å². The third-order valence-electron chi connectivity index (χ3n) is 3.25. The van der Waals surface area contributed by atoms with Crippen molar-refractivity contribution in [1.29, 1.82) is 0 Å². The van der Waals surface area contributed by atoms with E-state index in [1.165, 1.54) is 0 Å². The number of hydrogen-bond acceptors (Lipinski definition) is 3. The summed E-state index contributed by atoms with van der Waals surface area (Å²) in [5.41, 5.74) is 2.92. The predicted molar refractivity (Wildman–Crippen MR) is 84.4 cm³/mol. The van der Waals surface area contributed by atoms with Crippen LogP contribution >= 0.6 is 15.9 Å². The van der Waals surface area contributed by atoms with E-state index in [4.69, 9.17) is 14.6 Å². The van der Waals surface area contributed by atoms with Crippen molar-refractivity contribution in [2.45, 2.75) is 6.92 Å². The number of rotatable bonds is 4. The molecule has 21 heavy (non-hydrogen) atoms. The number of halogens is 1. The molecule has 0 fully saturated rings. The van der Waals surface area contributed by atoms with Gasteiger partial charge in [0.05, 0.1) is 19.8 Å². The third kappa shape index (κ3) is 2.88. The molecule has 0 radical (unpaired) electrons. The maximum Gasteiger partial charge on any atom is 0.335 e. The van der Waals surface area contributed by atoms with Crippen LogP contribution in [0.1, 0.15) is 15.9 Å². The van der Waals surface area contributed by atoms with Crippen LogP contribution in [0, 0.1) is 6.92 Å². The van der Waals surface area contributed by atoms with Gasteiger partial charge in [0.25, 0.3) is 0 Å². The molecule has 0 aromatic heterocycles. The molecule has 2 aromatic rings. The summed E-state index contributed by atoms with van der Waals surface area (Å²) in [5.74, 6) is 0.392. The molecule has 0 heterocycles. The van der Waals surface area contributed by atoms with Crippen molar-refractivity contribution in [3.8, 4) is 22.6 Å². The highest BCUT2D eigenvalue weighted by molar-refractivity contribution is 9.10. The van der Waals surface area contributed by atoms with E-state index in [-0.39, 0.29) is 5.56 Å². The zero-order valence-electron chi connectivity index (χ0n) is 11.9. The number of aromatic carboxylic acids is 1. The largest absolute Gasteiger partial charge is 0.495 e. The molecule has 0 unspecified atom stereocenters. The Morgan fingerprint density at radius 2 is 1.76 bits per heavy atom. The van der Waals surface area contributed by atoms with Gasteiger partial charge in [-0.25, -0.2) is 4.79 Å². The first kappa shape index (κ1) is 15.4. The van der Waals surface area contributed by atoms with Crippen LogP contribution in [-0.2, 0) is 0 Å². The summed E-state index contributed by atoms with van der Waals surface area (Å²) in [6, 6.07) is 8.75. The van der Waals surface area contributed by atoms with Crippen LogP contribution < -0.4 is 9.47 Å². The molecule has 5 heteroatoms. The van der Waals surface area contributed by atoms with E-state index in [0.717, 1.165) is 21.2 Å². The first-order valence-electron chi connectivity index (χ1n) is 6.24. The second-order valence-corrected chi connectivity index (χ2v) is 5.29. The molecule has 0 saturated heterocycles. The maximum atomic E-state index is 11.0. The molecule has 0 aliphatic rings. The topological polar surface area (TPSA) is 55.8 Å². The molecule has 0 saturated carbocycles. The number of methoxy groups -OCH3 is 2. The number of carboxylic acid groups (broad SMARTS) is 1. The SMILES string of the molecule is COc1ccc(-c2ccc(C(=O)O)cc2C)c(OC)c1Br. The molecule has 2 rings (SSSR count). The Balaban J connectivity index is 2.62. The van der Waals surface area contributed by atoms with E-state index in [0.29, 0.717) is 11.5 Å². The molecular weight excluding hydrogens is 336 g/mol. The highest BCUT2D eigenvalue weighted by Gasteiger charge is 2.16. The normalized spacial score (nSPS) is 10.3. The van der Waals surface area contributed by atoms with Crippen molar-refractivity contribution in [3.63, 3.8) is 0 Å². The number of carbonyl (C=O) groups is 1. The van der Waals surface area contributed by atoms with Gasteiger partial charge in [0, 0.05) is 5.56 Å². The quantitative estimate of drug-likeness (QED) is 0.900. The fourth-order valence-corrected chi connectivity index (χ4v) is 2.88. The fourth-order valence-electron chi connectivity index (χ4n) is 2.21. The first-order chi connectivity index (χ1) is 9.99. The lowest BCUT2D eigenvalue weighted by atomic mass is 9.97. The number of hydrogen-bond donors (Lipinski definition) is 1. The Bertz CT molecular complexity index is 695. The molecule has 0 aliphatic carbocycles. The van der Waals surface area contributed by atoms with Gasteiger partial charge in [0.2, 0.25) is 0 Å². The molecule has 2 aromatic carbocycles. The average Bonchev–Trinajstić information content (AvgIpc) is 2.46. The Morgan fingerprint density at radius 1 is 1.10 bits per heavy atom. The molecule has 0 bridgehead atoms. The Labute approximate surface area is 131 Å². The van der Waals surface area contributed by atoms with Gasteiger partial charge in [-0.1, -0.05) is 6.07 Å². The van der Waals surface area contributed by atoms with Crippen LogP contribution in [0.3, 0.4) is 0 Å². The first-order valence-corrected chi connectivity index (χ1v) is 7.03. The van der Waals surface area contributed by atoms with Crippen molar-refractivity contribution in [1.82, 2.24) is 0 Å². The zero-order chi connectivity index (χ0) is 15.6. The van der Waals surface area contributed by atoms with E-state index in [1.54, 1.807) is 32.4 Å². The van der Waals surface area contributed by atoms with E-state index in [1.807, 2.05) is 19.1 Å². The van der Waals surface area contributed by atoms with Crippen LogP contribution in [0.15, 0.2) is 34.8 Å². The fraction of sp³-hybridized carbons (Fsp3) is 0.188. The summed E-state index contributed by atoms with van der Waals surface area (Å²) >= 11 is 3.47. The van der Waals surface area contributed by atoms with E-state index >= 15 is 0 Å². The molecule has 4 nitrogen and oxygen atoms in total. The van der Waals surface area contributed by atoms with Gasteiger partial charge in [-0.2, -0.15) is 0 Å². The predicted octanol–water partition coefficient (Wildman–Crippen LogP) is 4.14. The summed E-state index contributed by atoms with van der Waals surface area (Å²) in [4.78, 5) is 11.0. The maximum absolute atomic E-state index is 11.0. The van der Waals surface area contributed by atoms with Crippen LogP contribution in [0.5, 0.6) is 11.5 Å². The second kappa shape index (κ2) is 6.18. The Kier molecular flexibility index (Phi) is 4.53. The minimum atomic E-state index is -0.937. The zero-order valence-corrected chi connectivity index (χ0v) is 13.5. The van der Waals surface area contributed by atoms with Crippen LogP contribution in [0.4, 0.5) is 0 Å². The smallest absolute Gasteiger partial charge is 0.335 e. The number of carboxylic acids is 1. The molecule has 110 valence electrons. The van der Waals surface area contributed by atoms with Crippen LogP contribution in [-0.4, -0.2) is 25.3 Å². The van der Waals surface area contributed by atoms with Gasteiger partial charge in [0.15, 0.2) is 0 Å². The molecule has 0 atom stereocenters. The van der Waals surface area contributed by atoms with Gasteiger partial charge < -0.3 is 14.6 Å². The second-order valence-electron chi connectivity index (χ2n) is 4.50. The summed E-state index contributed by atoms with van der Waals surface area (Å²) in [6.07, 6.45) is 0. The molecule has 0 spiro atoms. The molecule has 0 aliphatic heterocycles. The van der Waals surface area contributed by atoms with E-state index < -0.39 is 5.97 Å². The van der Waals surface area contributed by atoms with Crippen LogP contribution in [0.25, 0.3) is 11.1 Å². The lowest BCUT2D eigenvalue weighted by Gasteiger charge is -2.15. The van der Waals surface area contributed by atoms with Gasteiger partial charge >= 0.3 is 5.97 Å². The number of benzene rings is 2. The average molecular weight is 351 g/mol. The summed E-state index contributed by atoms with van der Waals surface area (Å²) in [5, 5.41) is 9.04. The third-order valence-corrected chi connectivity index (χ3v) is 4.00. The molecule has 0 amide bonds. The Morgan fingerprint density at radius 3 is 2.29 bits per heavy atom. The van der Waals surface area contributed by atoms with Gasteiger partial charge in [-0.05, 0) is 58.2 Å². The van der Waals surface area contributed by atoms with Crippen molar-refractivity contribution in [3.05, 3.63) is 45.9 Å². The Hall–Kier alpha value is -2.01. The van der Waals surface area contributed by atoms with Crippen LogP contribution in [0.2, 0.25) is 0 Å². The number of ether oxygens (including phenoxy) is 2. The van der Waals surface area contributed by atoms with Gasteiger partial charge in [-0.3, -0.25) is 0 Å². The van der Waals surface area contributed by atoms with Crippen molar-refractivity contribution >= 4 is 21.9 Å². The molecular formula is C16H15BrO4. The highest BCUT2D eigenvalue weighted by Crippen LogP contribution is 2.42. The monoisotopic (exact) mass is 350 g/mol. The van der Waals surface area contributed by atoms with Gasteiger partial charge in [0.1, 0.15) is 16.0 Å². The molecule has 1 N–H and O–H groups in total.